The van der Waals surface area contributed by atoms with Gasteiger partial charge in [-0.2, -0.15) is 0 Å². The SMILES string of the molecule is Cc1cc(C)cc(-n2c(=O)c3ccccc3n3c(=S)n(CN4CCCC5CCCCC54)nc23)c1. The van der Waals surface area contributed by atoms with Gasteiger partial charge in [0.25, 0.3) is 5.56 Å². The molecule has 1 aliphatic carbocycles. The summed E-state index contributed by atoms with van der Waals surface area (Å²) in [7, 11) is 0. The number of fused-ring (bicyclic) bond motifs is 4. The highest BCUT2D eigenvalue weighted by atomic mass is 32.1. The first-order valence-electron chi connectivity index (χ1n) is 12.5. The van der Waals surface area contributed by atoms with Gasteiger partial charge in [-0.1, -0.05) is 31.0 Å². The minimum atomic E-state index is -0.0643. The Bertz CT molecular complexity index is 1490. The summed E-state index contributed by atoms with van der Waals surface area (Å²) < 4.78 is 6.29. The van der Waals surface area contributed by atoms with Crippen LogP contribution in [0.1, 0.15) is 49.7 Å². The van der Waals surface area contributed by atoms with Gasteiger partial charge in [-0.3, -0.25) is 14.1 Å². The molecule has 0 amide bonds. The maximum absolute atomic E-state index is 13.7. The van der Waals surface area contributed by atoms with Crippen LogP contribution in [-0.2, 0) is 6.67 Å². The Labute approximate surface area is 204 Å². The molecule has 4 aromatic rings. The number of likely N-dealkylation sites (tertiary alicyclic amines) is 1. The molecule has 0 N–H and O–H groups in total. The molecule has 6 nitrogen and oxygen atoms in total. The molecular weight excluding hydrogens is 442 g/mol. The predicted molar refractivity (Wildman–Crippen MR) is 138 cm³/mol. The largest absolute Gasteiger partial charge is 0.281 e. The van der Waals surface area contributed by atoms with Crippen LogP contribution in [0.5, 0.6) is 0 Å². The molecule has 2 unspecified atom stereocenters. The minimum Gasteiger partial charge on any atom is -0.281 e. The summed E-state index contributed by atoms with van der Waals surface area (Å²) in [6.45, 7) is 5.88. The molecule has 1 aliphatic heterocycles. The lowest BCUT2D eigenvalue weighted by atomic mass is 9.78. The van der Waals surface area contributed by atoms with Gasteiger partial charge in [0, 0.05) is 12.6 Å². The van der Waals surface area contributed by atoms with Gasteiger partial charge < -0.3 is 0 Å². The highest BCUT2D eigenvalue weighted by Gasteiger charge is 2.33. The zero-order valence-electron chi connectivity index (χ0n) is 19.9. The van der Waals surface area contributed by atoms with E-state index >= 15 is 0 Å². The molecule has 2 aromatic heterocycles. The van der Waals surface area contributed by atoms with Crippen LogP contribution in [0, 0.1) is 24.5 Å². The van der Waals surface area contributed by atoms with Gasteiger partial charge >= 0.3 is 0 Å². The second kappa shape index (κ2) is 8.47. The van der Waals surface area contributed by atoms with E-state index in [0.29, 0.717) is 28.6 Å². The molecule has 34 heavy (non-hydrogen) atoms. The fourth-order valence-electron chi connectivity index (χ4n) is 6.29. The fourth-order valence-corrected chi connectivity index (χ4v) is 6.57. The molecule has 2 fully saturated rings. The number of piperidine rings is 1. The van der Waals surface area contributed by atoms with E-state index < -0.39 is 0 Å². The zero-order chi connectivity index (χ0) is 23.4. The van der Waals surface area contributed by atoms with Crippen molar-refractivity contribution in [3.05, 3.63) is 68.7 Å². The Morgan fingerprint density at radius 3 is 2.56 bits per heavy atom. The van der Waals surface area contributed by atoms with E-state index in [2.05, 4.69) is 24.8 Å². The average Bonchev–Trinajstić information content (AvgIpc) is 3.14. The molecule has 0 bridgehead atoms. The molecule has 2 atom stereocenters. The number of aryl methyl sites for hydroxylation is 2. The summed E-state index contributed by atoms with van der Waals surface area (Å²) in [5, 5.41) is 5.64. The number of benzene rings is 2. The molecule has 1 saturated heterocycles. The molecule has 176 valence electrons. The highest BCUT2D eigenvalue weighted by Crippen LogP contribution is 2.35. The molecule has 0 spiro atoms. The molecule has 0 radical (unpaired) electrons. The second-order valence-electron chi connectivity index (χ2n) is 10.1. The van der Waals surface area contributed by atoms with Crippen LogP contribution in [-0.4, -0.2) is 36.2 Å². The number of rotatable bonds is 3. The van der Waals surface area contributed by atoms with Crippen LogP contribution in [0.2, 0.25) is 0 Å². The van der Waals surface area contributed by atoms with Gasteiger partial charge in [0.05, 0.1) is 23.3 Å². The lowest BCUT2D eigenvalue weighted by Gasteiger charge is -2.43. The summed E-state index contributed by atoms with van der Waals surface area (Å²) in [5.74, 6) is 1.37. The third-order valence-electron chi connectivity index (χ3n) is 7.74. The minimum absolute atomic E-state index is 0.0643. The Balaban J connectivity index is 1.56. The second-order valence-corrected chi connectivity index (χ2v) is 10.5. The zero-order valence-corrected chi connectivity index (χ0v) is 20.7. The van der Waals surface area contributed by atoms with Crippen molar-refractivity contribution in [2.45, 2.75) is 65.1 Å². The quantitative estimate of drug-likeness (QED) is 0.374. The highest BCUT2D eigenvalue weighted by molar-refractivity contribution is 7.71. The maximum atomic E-state index is 13.7. The van der Waals surface area contributed by atoms with Crippen molar-refractivity contribution < 1.29 is 0 Å². The number of hydrogen-bond acceptors (Lipinski definition) is 4. The molecular formula is C27H31N5OS. The van der Waals surface area contributed by atoms with Gasteiger partial charge in [-0.25, -0.2) is 9.25 Å². The first kappa shape index (κ1) is 21.7. The van der Waals surface area contributed by atoms with E-state index in [4.69, 9.17) is 17.3 Å². The van der Waals surface area contributed by atoms with Crippen LogP contribution in [0.15, 0.2) is 47.3 Å². The third-order valence-corrected chi connectivity index (χ3v) is 8.13. The average molecular weight is 474 g/mol. The lowest BCUT2D eigenvalue weighted by molar-refractivity contribution is 0.0325. The predicted octanol–water partition coefficient (Wildman–Crippen LogP) is 5.40. The summed E-state index contributed by atoms with van der Waals surface area (Å²) in [6.07, 6.45) is 7.85. The molecule has 1 saturated carbocycles. The van der Waals surface area contributed by atoms with Gasteiger partial charge in [0.1, 0.15) is 0 Å². The van der Waals surface area contributed by atoms with Crippen molar-refractivity contribution in [1.82, 2.24) is 23.6 Å². The van der Waals surface area contributed by atoms with E-state index in [9.17, 15) is 4.79 Å². The van der Waals surface area contributed by atoms with Gasteiger partial charge in [0.2, 0.25) is 10.5 Å². The van der Waals surface area contributed by atoms with Gasteiger partial charge in [-0.05, 0) is 93.1 Å². The summed E-state index contributed by atoms with van der Waals surface area (Å²) >= 11 is 6.00. The van der Waals surface area contributed by atoms with E-state index in [-0.39, 0.29) is 5.56 Å². The smallest absolute Gasteiger partial charge is 0.267 e. The summed E-state index contributed by atoms with van der Waals surface area (Å²) in [4.78, 5) is 16.3. The summed E-state index contributed by atoms with van der Waals surface area (Å²) in [5.41, 5.74) is 3.81. The van der Waals surface area contributed by atoms with Gasteiger partial charge in [-0.15, -0.1) is 5.10 Å². The van der Waals surface area contributed by atoms with Crippen LogP contribution in [0.4, 0.5) is 0 Å². The van der Waals surface area contributed by atoms with Crippen LogP contribution >= 0.6 is 12.2 Å². The molecule has 6 rings (SSSR count). The summed E-state index contributed by atoms with van der Waals surface area (Å²) in [6, 6.07) is 14.5. The van der Waals surface area contributed by atoms with E-state index in [1.807, 2.05) is 45.5 Å². The number of hydrogen-bond donors (Lipinski definition) is 0. The van der Waals surface area contributed by atoms with Crippen molar-refractivity contribution in [2.24, 2.45) is 5.92 Å². The standard InChI is InChI=1S/C27H31N5OS/c1-18-14-19(2)16-21(15-18)31-25(33)22-10-4-6-12-24(22)32-26(31)28-30(27(32)34)17-29-13-7-9-20-8-3-5-11-23(20)29/h4,6,10,12,14-16,20,23H,3,5,7-9,11,13,17H2,1-2H3. The van der Waals surface area contributed by atoms with Crippen LogP contribution in [0.3, 0.4) is 0 Å². The first-order chi connectivity index (χ1) is 16.5. The van der Waals surface area contributed by atoms with Crippen molar-refractivity contribution in [2.75, 3.05) is 6.54 Å². The topological polar surface area (TPSA) is 47.5 Å². The Morgan fingerprint density at radius 2 is 1.74 bits per heavy atom. The Kier molecular flexibility index (Phi) is 5.41. The van der Waals surface area contributed by atoms with Crippen molar-refractivity contribution in [3.8, 4) is 5.69 Å². The first-order valence-corrected chi connectivity index (χ1v) is 12.9. The number of aromatic nitrogens is 4. The van der Waals surface area contributed by atoms with Crippen molar-refractivity contribution in [3.63, 3.8) is 0 Å². The van der Waals surface area contributed by atoms with Crippen LogP contribution in [0.25, 0.3) is 22.4 Å². The third kappa shape index (κ3) is 3.53. The van der Waals surface area contributed by atoms with E-state index in [1.54, 1.807) is 4.57 Å². The fraction of sp³-hybridized carbons (Fsp3) is 0.444. The van der Waals surface area contributed by atoms with E-state index in [0.717, 1.165) is 34.8 Å². The number of para-hydroxylation sites is 1. The molecule has 7 heteroatoms. The maximum Gasteiger partial charge on any atom is 0.267 e. The number of nitrogens with zero attached hydrogens (tertiary/aromatic N) is 5. The van der Waals surface area contributed by atoms with Crippen LogP contribution < -0.4 is 5.56 Å². The van der Waals surface area contributed by atoms with Crippen molar-refractivity contribution >= 4 is 28.9 Å². The molecule has 2 aromatic carbocycles. The van der Waals surface area contributed by atoms with Gasteiger partial charge in [0.15, 0.2) is 0 Å². The molecule has 3 heterocycles. The van der Waals surface area contributed by atoms with Crippen molar-refractivity contribution in [1.29, 1.82) is 0 Å². The Hall–Kier alpha value is -2.77. The molecule has 2 aliphatic rings. The lowest BCUT2D eigenvalue weighted by Crippen LogP contribution is -2.47. The monoisotopic (exact) mass is 473 g/mol. The normalized spacial score (nSPS) is 21.2. The van der Waals surface area contributed by atoms with E-state index in [1.165, 1.54) is 38.5 Å². The Morgan fingerprint density at radius 1 is 1.00 bits per heavy atom.